The molecule has 100 valence electrons. The molecule has 2 aromatic heterocycles. The number of furan rings is 1. The summed E-state index contributed by atoms with van der Waals surface area (Å²) in [6.45, 7) is 1.90. The number of thiazole rings is 1. The van der Waals surface area contributed by atoms with Crippen molar-refractivity contribution in [3.8, 4) is 11.5 Å². The Morgan fingerprint density at radius 1 is 1.53 bits per heavy atom. The average Bonchev–Trinajstić information content (AvgIpc) is 2.90. The summed E-state index contributed by atoms with van der Waals surface area (Å²) in [5.41, 5.74) is 0.835. The van der Waals surface area contributed by atoms with Crippen LogP contribution in [0.2, 0.25) is 0 Å². The summed E-state index contributed by atoms with van der Waals surface area (Å²) in [6, 6.07) is 4.34. The van der Waals surface area contributed by atoms with Gasteiger partial charge in [-0.25, -0.2) is 4.98 Å². The number of carbonyl (C=O) groups excluding carboxylic acids is 1. The number of nitrogens with one attached hydrogen (secondary N) is 2. The average molecular weight is 277 g/mol. The van der Waals surface area contributed by atoms with Crippen molar-refractivity contribution < 1.29 is 9.21 Å². The van der Waals surface area contributed by atoms with Gasteiger partial charge in [-0.3, -0.25) is 4.79 Å². The number of hydrogen-bond acceptors (Lipinski definition) is 5. The van der Waals surface area contributed by atoms with Crippen molar-refractivity contribution in [2.75, 3.05) is 5.32 Å². The van der Waals surface area contributed by atoms with E-state index in [1.54, 1.807) is 11.3 Å². The van der Waals surface area contributed by atoms with Gasteiger partial charge >= 0.3 is 0 Å². The van der Waals surface area contributed by atoms with Gasteiger partial charge in [-0.1, -0.05) is 0 Å². The lowest BCUT2D eigenvalue weighted by Crippen LogP contribution is -2.18. The van der Waals surface area contributed by atoms with Gasteiger partial charge in [-0.15, -0.1) is 11.3 Å². The monoisotopic (exact) mass is 277 g/mol. The Morgan fingerprint density at radius 2 is 2.37 bits per heavy atom. The Hall–Kier alpha value is -1.82. The zero-order chi connectivity index (χ0) is 13.2. The molecule has 1 aliphatic carbocycles. The third-order valence-corrected chi connectivity index (χ3v) is 3.61. The van der Waals surface area contributed by atoms with Crippen LogP contribution in [-0.4, -0.2) is 16.9 Å². The van der Waals surface area contributed by atoms with Crippen molar-refractivity contribution in [2.24, 2.45) is 0 Å². The third kappa shape index (κ3) is 3.14. The van der Waals surface area contributed by atoms with E-state index in [-0.39, 0.29) is 5.91 Å². The molecule has 0 bridgehead atoms. The predicted molar refractivity (Wildman–Crippen MR) is 74.0 cm³/mol. The molecule has 0 aliphatic heterocycles. The zero-order valence-corrected chi connectivity index (χ0v) is 11.4. The molecule has 0 atom stereocenters. The molecule has 1 aliphatic rings. The Labute approximate surface area is 115 Å². The summed E-state index contributed by atoms with van der Waals surface area (Å²) < 4.78 is 5.66. The van der Waals surface area contributed by atoms with Crippen LogP contribution in [0.15, 0.2) is 21.9 Å². The Kier molecular flexibility index (Phi) is 3.25. The maximum Gasteiger partial charge on any atom is 0.217 e. The Bertz CT molecular complexity index is 586. The molecule has 0 unspecified atom stereocenters. The second-order valence-electron chi connectivity index (χ2n) is 4.63. The van der Waals surface area contributed by atoms with E-state index in [4.69, 9.17) is 4.42 Å². The lowest BCUT2D eigenvalue weighted by atomic mass is 10.3. The normalized spacial score (nSPS) is 14.4. The van der Waals surface area contributed by atoms with Crippen molar-refractivity contribution in [3.63, 3.8) is 0 Å². The van der Waals surface area contributed by atoms with Crippen LogP contribution >= 0.6 is 11.3 Å². The first-order chi connectivity index (χ1) is 9.20. The molecular formula is C13H15N3O2S. The van der Waals surface area contributed by atoms with Gasteiger partial charge in [0.2, 0.25) is 5.91 Å². The molecule has 2 aromatic rings. The number of hydrogen-bond donors (Lipinski definition) is 2. The summed E-state index contributed by atoms with van der Waals surface area (Å²) in [6.07, 6.45) is 2.47. The predicted octanol–water partition coefficient (Wildman–Crippen LogP) is 2.61. The van der Waals surface area contributed by atoms with Gasteiger partial charge in [0.05, 0.1) is 6.54 Å². The smallest absolute Gasteiger partial charge is 0.217 e. The summed E-state index contributed by atoms with van der Waals surface area (Å²) in [4.78, 5) is 15.3. The van der Waals surface area contributed by atoms with E-state index in [0.717, 1.165) is 22.3 Å². The van der Waals surface area contributed by atoms with E-state index in [1.165, 1.54) is 19.8 Å². The summed E-state index contributed by atoms with van der Waals surface area (Å²) in [5, 5.41) is 8.98. The van der Waals surface area contributed by atoms with Crippen LogP contribution in [0.25, 0.3) is 11.5 Å². The number of nitrogens with zero attached hydrogens (tertiary/aromatic N) is 1. The van der Waals surface area contributed by atoms with Crippen molar-refractivity contribution in [1.29, 1.82) is 0 Å². The standard InChI is InChI=1S/C13H15N3O2S/c1-8(17)14-6-10-4-5-12(18-10)11-7-19-13(16-11)15-9-2-3-9/h4-5,7,9H,2-3,6H2,1H3,(H,14,17)(H,15,16). The van der Waals surface area contributed by atoms with Gasteiger partial charge in [0, 0.05) is 18.3 Å². The second kappa shape index (κ2) is 5.05. The highest BCUT2D eigenvalue weighted by molar-refractivity contribution is 7.14. The number of rotatable bonds is 5. The minimum Gasteiger partial charge on any atom is -0.458 e. The molecule has 0 saturated heterocycles. The molecule has 6 heteroatoms. The quantitative estimate of drug-likeness (QED) is 0.881. The van der Waals surface area contributed by atoms with Crippen LogP contribution in [-0.2, 0) is 11.3 Å². The van der Waals surface area contributed by atoms with Crippen LogP contribution in [0.4, 0.5) is 5.13 Å². The summed E-state index contributed by atoms with van der Waals surface area (Å²) in [7, 11) is 0. The van der Waals surface area contributed by atoms with Crippen LogP contribution < -0.4 is 10.6 Å². The largest absolute Gasteiger partial charge is 0.458 e. The minimum absolute atomic E-state index is 0.0671. The molecule has 3 rings (SSSR count). The van der Waals surface area contributed by atoms with Gasteiger partial charge in [0.15, 0.2) is 10.9 Å². The molecule has 0 spiro atoms. The molecule has 2 N–H and O–H groups in total. The van der Waals surface area contributed by atoms with E-state index >= 15 is 0 Å². The highest BCUT2D eigenvalue weighted by atomic mass is 32.1. The van der Waals surface area contributed by atoms with Gasteiger partial charge < -0.3 is 15.1 Å². The second-order valence-corrected chi connectivity index (χ2v) is 5.49. The van der Waals surface area contributed by atoms with Crippen molar-refractivity contribution >= 4 is 22.4 Å². The topological polar surface area (TPSA) is 67.2 Å². The van der Waals surface area contributed by atoms with Crippen molar-refractivity contribution in [1.82, 2.24) is 10.3 Å². The highest BCUT2D eigenvalue weighted by Gasteiger charge is 2.22. The zero-order valence-electron chi connectivity index (χ0n) is 10.6. The maximum atomic E-state index is 10.8. The molecule has 5 nitrogen and oxygen atoms in total. The lowest BCUT2D eigenvalue weighted by molar-refractivity contribution is -0.119. The summed E-state index contributed by atoms with van der Waals surface area (Å²) in [5.74, 6) is 1.40. The number of aromatic nitrogens is 1. The molecule has 1 fully saturated rings. The third-order valence-electron chi connectivity index (χ3n) is 2.83. The molecule has 19 heavy (non-hydrogen) atoms. The van der Waals surface area contributed by atoms with Crippen LogP contribution in [0, 0.1) is 0 Å². The van der Waals surface area contributed by atoms with Crippen molar-refractivity contribution in [3.05, 3.63) is 23.3 Å². The van der Waals surface area contributed by atoms with Gasteiger partial charge in [-0.05, 0) is 25.0 Å². The van der Waals surface area contributed by atoms with E-state index in [2.05, 4.69) is 15.6 Å². The molecule has 0 radical (unpaired) electrons. The van der Waals surface area contributed by atoms with E-state index < -0.39 is 0 Å². The highest BCUT2D eigenvalue weighted by Crippen LogP contribution is 2.30. The fraction of sp³-hybridized carbons (Fsp3) is 0.385. The Morgan fingerprint density at radius 3 is 3.11 bits per heavy atom. The molecular weight excluding hydrogens is 262 g/mol. The first-order valence-electron chi connectivity index (χ1n) is 6.26. The fourth-order valence-corrected chi connectivity index (χ4v) is 2.46. The van der Waals surface area contributed by atoms with Crippen LogP contribution in [0.5, 0.6) is 0 Å². The molecule has 0 aromatic carbocycles. The molecule has 2 heterocycles. The molecule has 1 amide bonds. The van der Waals surface area contributed by atoms with Crippen LogP contribution in [0.3, 0.4) is 0 Å². The van der Waals surface area contributed by atoms with Gasteiger partial charge in [0.1, 0.15) is 11.5 Å². The van der Waals surface area contributed by atoms with E-state index in [9.17, 15) is 4.79 Å². The van der Waals surface area contributed by atoms with E-state index in [1.807, 2.05) is 17.5 Å². The number of carbonyl (C=O) groups is 1. The van der Waals surface area contributed by atoms with Gasteiger partial charge in [-0.2, -0.15) is 0 Å². The van der Waals surface area contributed by atoms with E-state index in [0.29, 0.717) is 12.6 Å². The summed E-state index contributed by atoms with van der Waals surface area (Å²) >= 11 is 1.59. The SMILES string of the molecule is CC(=O)NCc1ccc(-c2csc(NC3CC3)n2)o1. The lowest BCUT2D eigenvalue weighted by Gasteiger charge is -1.97. The minimum atomic E-state index is -0.0671. The van der Waals surface area contributed by atoms with Crippen molar-refractivity contribution in [2.45, 2.75) is 32.4 Å². The van der Waals surface area contributed by atoms with Crippen LogP contribution in [0.1, 0.15) is 25.5 Å². The van der Waals surface area contributed by atoms with Gasteiger partial charge in [0.25, 0.3) is 0 Å². The number of anilines is 1. The first kappa shape index (κ1) is 12.2. The maximum absolute atomic E-state index is 10.8. The molecule has 1 saturated carbocycles. The first-order valence-corrected chi connectivity index (χ1v) is 7.14. The fourth-order valence-electron chi connectivity index (χ4n) is 1.68. The Balaban J connectivity index is 1.67. The number of amides is 1.